The van der Waals surface area contributed by atoms with E-state index in [4.69, 9.17) is 14.2 Å². The third kappa shape index (κ3) is 7.28. The topological polar surface area (TPSA) is 56.8 Å². The molecule has 0 spiro atoms. The van der Waals surface area contributed by atoms with E-state index in [1.165, 1.54) is 0 Å². The smallest absolute Gasteiger partial charge is 0.338 e. The number of nitrogens with one attached hydrogen (secondary N) is 1. The van der Waals surface area contributed by atoms with E-state index in [0.717, 1.165) is 17.5 Å². The van der Waals surface area contributed by atoms with Crippen molar-refractivity contribution in [3.05, 3.63) is 120 Å². The highest BCUT2D eigenvalue weighted by Gasteiger charge is 2.38. The third-order valence-electron chi connectivity index (χ3n) is 6.31. The number of benzene rings is 3. The zero-order chi connectivity index (χ0) is 24.3. The van der Waals surface area contributed by atoms with Gasteiger partial charge in [-0.1, -0.05) is 85.4 Å². The van der Waals surface area contributed by atoms with Gasteiger partial charge in [-0.15, -0.1) is 0 Å². The predicted molar refractivity (Wildman–Crippen MR) is 137 cm³/mol. The molecule has 5 nitrogen and oxygen atoms in total. The summed E-state index contributed by atoms with van der Waals surface area (Å²) in [5.74, 6) is -0.357. The summed E-state index contributed by atoms with van der Waals surface area (Å²) in [5.41, 5.74) is 3.14. The van der Waals surface area contributed by atoms with Gasteiger partial charge in [0.1, 0.15) is 6.10 Å². The van der Waals surface area contributed by atoms with Gasteiger partial charge in [0.05, 0.1) is 32.0 Å². The van der Waals surface area contributed by atoms with Gasteiger partial charge in [0, 0.05) is 24.1 Å². The monoisotopic (exact) mass is 471 g/mol. The highest BCUT2D eigenvalue weighted by Crippen LogP contribution is 2.35. The molecule has 1 atom stereocenters. The molecular weight excluding hydrogens is 438 g/mol. The van der Waals surface area contributed by atoms with Crippen molar-refractivity contribution in [3.8, 4) is 0 Å². The van der Waals surface area contributed by atoms with E-state index in [-0.39, 0.29) is 11.4 Å². The second-order valence-electron chi connectivity index (χ2n) is 9.12. The Morgan fingerprint density at radius 3 is 1.89 bits per heavy atom. The molecule has 0 radical (unpaired) electrons. The van der Waals surface area contributed by atoms with Crippen molar-refractivity contribution >= 4 is 5.97 Å². The molecule has 4 rings (SSSR count). The summed E-state index contributed by atoms with van der Waals surface area (Å²) in [6.45, 7) is 6.88. The molecule has 0 aromatic heterocycles. The highest BCUT2D eigenvalue weighted by molar-refractivity contribution is 5.89. The van der Waals surface area contributed by atoms with Crippen molar-refractivity contribution in [1.29, 1.82) is 0 Å². The normalized spacial score (nSPS) is 17.3. The molecule has 1 fully saturated rings. The molecule has 1 heterocycles. The molecule has 1 aliphatic rings. The Morgan fingerprint density at radius 1 is 0.829 bits per heavy atom. The fraction of sp³-hybridized carbons (Fsp3) is 0.300. The molecule has 1 saturated heterocycles. The SMILES string of the molecule is C=C1NCCC(COCc2ccccc2)(COCc2ccccc2)CC1OC(=O)c1ccccc1. The van der Waals surface area contributed by atoms with Crippen LogP contribution in [0.2, 0.25) is 0 Å². The van der Waals surface area contributed by atoms with Crippen LogP contribution in [0.15, 0.2) is 103 Å². The maximum absolute atomic E-state index is 12.8. The Morgan fingerprint density at radius 2 is 1.34 bits per heavy atom. The minimum absolute atomic E-state index is 0.336. The van der Waals surface area contributed by atoms with Crippen molar-refractivity contribution in [2.24, 2.45) is 5.41 Å². The molecule has 1 N–H and O–H groups in total. The van der Waals surface area contributed by atoms with Crippen LogP contribution < -0.4 is 5.32 Å². The molecule has 35 heavy (non-hydrogen) atoms. The molecule has 0 bridgehead atoms. The van der Waals surface area contributed by atoms with E-state index in [9.17, 15) is 4.79 Å². The van der Waals surface area contributed by atoms with E-state index in [1.54, 1.807) is 12.1 Å². The van der Waals surface area contributed by atoms with Crippen LogP contribution in [0.5, 0.6) is 0 Å². The molecule has 0 amide bonds. The van der Waals surface area contributed by atoms with Gasteiger partial charge in [0.15, 0.2) is 0 Å². The molecule has 1 aliphatic heterocycles. The van der Waals surface area contributed by atoms with Crippen molar-refractivity contribution in [2.75, 3.05) is 19.8 Å². The number of esters is 1. The summed E-state index contributed by atoms with van der Waals surface area (Å²) >= 11 is 0. The largest absolute Gasteiger partial charge is 0.452 e. The number of rotatable bonds is 10. The van der Waals surface area contributed by atoms with Crippen LogP contribution in [-0.4, -0.2) is 31.8 Å². The van der Waals surface area contributed by atoms with Gasteiger partial charge in [-0.25, -0.2) is 4.79 Å². The molecule has 3 aromatic rings. The van der Waals surface area contributed by atoms with Crippen molar-refractivity contribution in [1.82, 2.24) is 5.32 Å². The summed E-state index contributed by atoms with van der Waals surface area (Å²) in [6, 6.07) is 29.3. The summed E-state index contributed by atoms with van der Waals surface area (Å²) in [6.07, 6.45) is 0.904. The summed E-state index contributed by atoms with van der Waals surface area (Å²) < 4.78 is 18.4. The first-order valence-corrected chi connectivity index (χ1v) is 12.1. The molecule has 0 aliphatic carbocycles. The number of hydrogen-bond donors (Lipinski definition) is 1. The van der Waals surface area contributed by atoms with Crippen LogP contribution in [0.4, 0.5) is 0 Å². The number of carbonyl (C=O) groups is 1. The first-order valence-electron chi connectivity index (χ1n) is 12.1. The van der Waals surface area contributed by atoms with Gasteiger partial charge in [-0.05, 0) is 29.7 Å². The molecule has 0 saturated carbocycles. The Labute approximate surface area is 207 Å². The lowest BCUT2D eigenvalue weighted by atomic mass is 9.81. The van der Waals surface area contributed by atoms with E-state index in [0.29, 0.717) is 50.7 Å². The fourth-order valence-corrected chi connectivity index (χ4v) is 4.33. The second kappa shape index (κ2) is 12.3. The standard InChI is InChI=1S/C30H33NO4/c1-24-28(35-29(32)27-15-9-4-10-16-27)19-30(17-18-31-24,22-33-20-25-11-5-2-6-12-25)23-34-21-26-13-7-3-8-14-26/h2-16,28,31H,1,17-23H2. The molecule has 5 heteroatoms. The molecular formula is C30H33NO4. The summed E-state index contributed by atoms with van der Waals surface area (Å²) in [4.78, 5) is 12.8. The average molecular weight is 472 g/mol. The van der Waals surface area contributed by atoms with Crippen LogP contribution in [-0.2, 0) is 27.4 Å². The van der Waals surface area contributed by atoms with Crippen LogP contribution in [0.3, 0.4) is 0 Å². The van der Waals surface area contributed by atoms with Gasteiger partial charge in [-0.3, -0.25) is 0 Å². The maximum Gasteiger partial charge on any atom is 0.338 e. The second-order valence-corrected chi connectivity index (χ2v) is 9.12. The maximum atomic E-state index is 12.8. The molecule has 3 aromatic carbocycles. The van der Waals surface area contributed by atoms with Gasteiger partial charge in [0.2, 0.25) is 0 Å². The summed E-state index contributed by atoms with van der Waals surface area (Å²) in [5, 5.41) is 3.34. The number of carbonyl (C=O) groups excluding carboxylic acids is 1. The van der Waals surface area contributed by atoms with Crippen LogP contribution in [0.1, 0.15) is 34.3 Å². The molecule has 1 unspecified atom stereocenters. The lowest BCUT2D eigenvalue weighted by Gasteiger charge is -2.34. The Balaban J connectivity index is 1.47. The van der Waals surface area contributed by atoms with Gasteiger partial charge in [-0.2, -0.15) is 0 Å². The van der Waals surface area contributed by atoms with Crippen LogP contribution in [0, 0.1) is 5.41 Å². The molecule has 182 valence electrons. The van der Waals surface area contributed by atoms with Crippen molar-refractivity contribution in [3.63, 3.8) is 0 Å². The Kier molecular flexibility index (Phi) is 8.71. The van der Waals surface area contributed by atoms with Gasteiger partial charge in [0.25, 0.3) is 0 Å². The quantitative estimate of drug-likeness (QED) is 0.394. The van der Waals surface area contributed by atoms with E-state index < -0.39 is 6.10 Å². The van der Waals surface area contributed by atoms with E-state index in [2.05, 4.69) is 36.2 Å². The fourth-order valence-electron chi connectivity index (χ4n) is 4.33. The van der Waals surface area contributed by atoms with Gasteiger partial charge < -0.3 is 19.5 Å². The first-order chi connectivity index (χ1) is 17.1. The Bertz CT molecular complexity index is 1020. The lowest BCUT2D eigenvalue weighted by molar-refractivity contribution is -0.0552. The van der Waals surface area contributed by atoms with Crippen LogP contribution >= 0.6 is 0 Å². The van der Waals surface area contributed by atoms with Crippen molar-refractivity contribution < 1.29 is 19.0 Å². The zero-order valence-electron chi connectivity index (χ0n) is 20.0. The van der Waals surface area contributed by atoms with Crippen molar-refractivity contribution in [2.45, 2.75) is 32.2 Å². The Hall–Kier alpha value is -3.41. The average Bonchev–Trinajstić information content (AvgIpc) is 3.04. The van der Waals surface area contributed by atoms with E-state index in [1.807, 2.05) is 54.6 Å². The number of ether oxygens (including phenoxy) is 3. The highest BCUT2D eigenvalue weighted by atomic mass is 16.5. The number of hydrogen-bond acceptors (Lipinski definition) is 5. The minimum atomic E-state index is -0.481. The van der Waals surface area contributed by atoms with Crippen LogP contribution in [0.25, 0.3) is 0 Å². The van der Waals surface area contributed by atoms with Gasteiger partial charge >= 0.3 is 5.97 Å². The zero-order valence-corrected chi connectivity index (χ0v) is 20.0. The minimum Gasteiger partial charge on any atom is -0.452 e. The van der Waals surface area contributed by atoms with E-state index >= 15 is 0 Å². The lowest BCUT2D eigenvalue weighted by Crippen LogP contribution is -2.37. The first kappa shape index (κ1) is 24.7. The summed E-state index contributed by atoms with van der Waals surface area (Å²) in [7, 11) is 0. The predicted octanol–water partition coefficient (Wildman–Crippen LogP) is 5.53. The third-order valence-corrected chi connectivity index (χ3v) is 6.31.